The van der Waals surface area contributed by atoms with Gasteiger partial charge in [0.25, 0.3) is 0 Å². The summed E-state index contributed by atoms with van der Waals surface area (Å²) in [6, 6.07) is 10.4. The Morgan fingerprint density at radius 3 is 2.23 bits per heavy atom. The van der Waals surface area contributed by atoms with E-state index in [1.165, 1.54) is 5.56 Å². The lowest BCUT2D eigenvalue weighted by molar-refractivity contribution is -0.262. The third kappa shape index (κ3) is 5.06. The van der Waals surface area contributed by atoms with Gasteiger partial charge in [-0.15, -0.1) is 0 Å². The van der Waals surface area contributed by atoms with E-state index in [0.29, 0.717) is 13.2 Å². The Balaban J connectivity index is 0.00000116. The number of rotatable bonds is 6. The summed E-state index contributed by atoms with van der Waals surface area (Å²) in [5.74, 6) is -0.601. The molecule has 2 rings (SSSR count). The van der Waals surface area contributed by atoms with Gasteiger partial charge in [0.15, 0.2) is 5.79 Å². The van der Waals surface area contributed by atoms with E-state index in [0.717, 1.165) is 26.1 Å². The fourth-order valence-corrected chi connectivity index (χ4v) is 2.88. The Morgan fingerprint density at radius 1 is 1.14 bits per heavy atom. The lowest BCUT2D eigenvalue weighted by Gasteiger charge is -2.45. The zero-order valence-electron chi connectivity index (χ0n) is 14.5. The molecular weight excluding hydrogens is 276 g/mol. The average molecular weight is 308 g/mol. The molecule has 22 heavy (non-hydrogen) atoms. The minimum atomic E-state index is -0.601. The van der Waals surface area contributed by atoms with E-state index in [4.69, 9.17) is 15.2 Å². The summed E-state index contributed by atoms with van der Waals surface area (Å²) in [7, 11) is 0. The van der Waals surface area contributed by atoms with Gasteiger partial charge in [-0.25, -0.2) is 0 Å². The van der Waals surface area contributed by atoms with E-state index < -0.39 is 5.79 Å². The van der Waals surface area contributed by atoms with Crippen LogP contribution in [-0.2, 0) is 16.0 Å². The Bertz CT molecular complexity index is 391. The van der Waals surface area contributed by atoms with E-state index in [2.05, 4.69) is 29.2 Å². The molecule has 1 aromatic carbocycles. The first-order valence-electron chi connectivity index (χ1n) is 8.50. The van der Waals surface area contributed by atoms with Gasteiger partial charge in [0.05, 0.1) is 6.04 Å². The number of ether oxygens (including phenoxy) is 2. The van der Waals surface area contributed by atoms with Crippen LogP contribution < -0.4 is 5.73 Å². The topological polar surface area (TPSA) is 47.7 Å². The maximum Gasteiger partial charge on any atom is 0.185 e. The van der Waals surface area contributed by atoms with Gasteiger partial charge in [-0.05, 0) is 19.4 Å². The number of likely N-dealkylation sites (tertiary alicyclic amines) is 1. The second-order valence-electron chi connectivity index (χ2n) is 5.26. The zero-order valence-corrected chi connectivity index (χ0v) is 14.5. The van der Waals surface area contributed by atoms with E-state index in [1.807, 2.05) is 33.8 Å². The van der Waals surface area contributed by atoms with Crippen LogP contribution in [0.25, 0.3) is 0 Å². The van der Waals surface area contributed by atoms with Crippen LogP contribution in [0.1, 0.15) is 39.7 Å². The van der Waals surface area contributed by atoms with Crippen LogP contribution in [0.5, 0.6) is 0 Å². The lowest BCUT2D eigenvalue weighted by atomic mass is 9.97. The van der Waals surface area contributed by atoms with Crippen molar-refractivity contribution < 1.29 is 9.47 Å². The van der Waals surface area contributed by atoms with Crippen molar-refractivity contribution in [3.8, 4) is 0 Å². The van der Waals surface area contributed by atoms with Crippen molar-refractivity contribution in [3.05, 3.63) is 35.9 Å². The fraction of sp³-hybridized carbons (Fsp3) is 0.667. The predicted molar refractivity (Wildman–Crippen MR) is 91.6 cm³/mol. The molecule has 4 nitrogen and oxygen atoms in total. The number of nitrogens with two attached hydrogens (primary N) is 1. The monoisotopic (exact) mass is 308 g/mol. The van der Waals surface area contributed by atoms with Crippen molar-refractivity contribution in [3.63, 3.8) is 0 Å². The summed E-state index contributed by atoms with van der Waals surface area (Å²) in [6.07, 6.45) is 0.822. The normalized spacial score (nSPS) is 21.0. The Morgan fingerprint density at radius 2 is 1.73 bits per heavy atom. The van der Waals surface area contributed by atoms with Gasteiger partial charge < -0.3 is 15.2 Å². The van der Waals surface area contributed by atoms with Gasteiger partial charge in [0, 0.05) is 39.3 Å². The zero-order chi connectivity index (χ0) is 16.4. The van der Waals surface area contributed by atoms with Gasteiger partial charge >= 0.3 is 0 Å². The first kappa shape index (κ1) is 19.1. The lowest BCUT2D eigenvalue weighted by Crippen LogP contribution is -2.62. The highest BCUT2D eigenvalue weighted by molar-refractivity contribution is 5.14. The van der Waals surface area contributed by atoms with Crippen molar-refractivity contribution >= 4 is 0 Å². The molecule has 0 saturated carbocycles. The number of hydrogen-bond donors (Lipinski definition) is 1. The Labute approximate surface area is 135 Å². The summed E-state index contributed by atoms with van der Waals surface area (Å²) in [5, 5.41) is 0. The van der Waals surface area contributed by atoms with Crippen LogP contribution in [0, 0.1) is 0 Å². The molecule has 1 atom stereocenters. The largest absolute Gasteiger partial charge is 0.349 e. The minimum Gasteiger partial charge on any atom is -0.349 e. The SMILES string of the molecule is CC.CCOC1(OCC)CCN(Cc2ccccc2)CC1N. The smallest absolute Gasteiger partial charge is 0.185 e. The number of hydrogen-bond acceptors (Lipinski definition) is 4. The highest BCUT2D eigenvalue weighted by atomic mass is 16.7. The summed E-state index contributed by atoms with van der Waals surface area (Å²) in [4.78, 5) is 2.37. The van der Waals surface area contributed by atoms with Crippen LogP contribution in [0.3, 0.4) is 0 Å². The molecule has 0 spiro atoms. The molecule has 126 valence electrons. The third-order valence-corrected chi connectivity index (χ3v) is 3.82. The van der Waals surface area contributed by atoms with Crippen molar-refractivity contribution in [2.75, 3.05) is 26.3 Å². The Hall–Kier alpha value is -0.940. The minimum absolute atomic E-state index is 0.111. The molecule has 1 heterocycles. The first-order valence-corrected chi connectivity index (χ1v) is 8.50. The molecule has 1 fully saturated rings. The molecule has 4 heteroatoms. The van der Waals surface area contributed by atoms with Gasteiger partial charge in [0.2, 0.25) is 0 Å². The van der Waals surface area contributed by atoms with Crippen LogP contribution in [0.2, 0.25) is 0 Å². The molecular formula is C18H32N2O2. The van der Waals surface area contributed by atoms with Gasteiger partial charge in [-0.2, -0.15) is 0 Å². The summed E-state index contributed by atoms with van der Waals surface area (Å²) < 4.78 is 11.7. The highest BCUT2D eigenvalue weighted by Gasteiger charge is 2.42. The molecule has 1 aliphatic rings. The fourth-order valence-electron chi connectivity index (χ4n) is 2.88. The second-order valence-corrected chi connectivity index (χ2v) is 5.26. The number of piperidine rings is 1. The van der Waals surface area contributed by atoms with Gasteiger partial charge in [0.1, 0.15) is 0 Å². The van der Waals surface area contributed by atoms with Crippen molar-refractivity contribution in [2.45, 2.75) is 52.5 Å². The van der Waals surface area contributed by atoms with Gasteiger partial charge in [-0.3, -0.25) is 4.90 Å². The summed E-state index contributed by atoms with van der Waals surface area (Å²) >= 11 is 0. The van der Waals surface area contributed by atoms with Crippen LogP contribution in [0.4, 0.5) is 0 Å². The summed E-state index contributed by atoms with van der Waals surface area (Å²) in [6.45, 7) is 11.9. The van der Waals surface area contributed by atoms with Crippen molar-refractivity contribution in [1.29, 1.82) is 0 Å². The molecule has 1 aliphatic heterocycles. The third-order valence-electron chi connectivity index (χ3n) is 3.82. The molecule has 1 saturated heterocycles. The number of benzene rings is 1. The van der Waals surface area contributed by atoms with E-state index in [9.17, 15) is 0 Å². The van der Waals surface area contributed by atoms with E-state index >= 15 is 0 Å². The number of nitrogens with zero attached hydrogens (tertiary/aromatic N) is 1. The predicted octanol–water partition coefficient (Wildman–Crippen LogP) is 3.02. The van der Waals surface area contributed by atoms with E-state index in [1.54, 1.807) is 0 Å². The molecule has 2 N–H and O–H groups in total. The van der Waals surface area contributed by atoms with Crippen molar-refractivity contribution in [2.24, 2.45) is 5.73 Å². The molecule has 0 amide bonds. The Kier molecular flexibility index (Phi) is 8.64. The molecule has 0 bridgehead atoms. The maximum absolute atomic E-state index is 6.34. The molecule has 0 radical (unpaired) electrons. The highest BCUT2D eigenvalue weighted by Crippen LogP contribution is 2.28. The summed E-state index contributed by atoms with van der Waals surface area (Å²) in [5.41, 5.74) is 7.66. The standard InChI is InChI=1S/C16H26N2O2.C2H6/c1-3-19-16(20-4-2)10-11-18(13-15(16)17)12-14-8-6-5-7-9-14;1-2/h5-9,15H,3-4,10-13,17H2,1-2H3;1-2H3. The molecule has 1 aromatic rings. The van der Waals surface area contributed by atoms with Crippen LogP contribution in [0.15, 0.2) is 30.3 Å². The van der Waals surface area contributed by atoms with E-state index in [-0.39, 0.29) is 6.04 Å². The van der Waals surface area contributed by atoms with Crippen LogP contribution in [-0.4, -0.2) is 43.0 Å². The van der Waals surface area contributed by atoms with Crippen LogP contribution >= 0.6 is 0 Å². The first-order chi connectivity index (χ1) is 10.7. The average Bonchev–Trinajstić information content (AvgIpc) is 2.54. The quantitative estimate of drug-likeness (QED) is 0.821. The van der Waals surface area contributed by atoms with Gasteiger partial charge in [-0.1, -0.05) is 44.2 Å². The molecule has 0 aliphatic carbocycles. The maximum atomic E-state index is 6.34. The second kappa shape index (κ2) is 9.95. The molecule has 1 unspecified atom stereocenters. The molecule has 0 aromatic heterocycles. The van der Waals surface area contributed by atoms with Crippen molar-refractivity contribution in [1.82, 2.24) is 4.90 Å².